The van der Waals surface area contributed by atoms with E-state index in [4.69, 9.17) is 4.74 Å². The molecule has 2 aromatic heterocycles. The average molecular weight is 440 g/mol. The number of urea groups is 1. The molecule has 31 heavy (non-hydrogen) atoms. The van der Waals surface area contributed by atoms with Gasteiger partial charge in [0.05, 0.1) is 18.8 Å². The molecule has 1 aromatic carbocycles. The van der Waals surface area contributed by atoms with Gasteiger partial charge in [-0.05, 0) is 67.0 Å². The van der Waals surface area contributed by atoms with Crippen molar-refractivity contribution < 1.29 is 13.9 Å². The molecule has 5 rings (SSSR count). The van der Waals surface area contributed by atoms with E-state index in [1.165, 1.54) is 13.2 Å². The summed E-state index contributed by atoms with van der Waals surface area (Å²) < 4.78 is 24.7. The van der Waals surface area contributed by atoms with Gasteiger partial charge in [-0.1, -0.05) is 0 Å². The van der Waals surface area contributed by atoms with Crippen molar-refractivity contribution in [2.75, 3.05) is 12.4 Å². The molecule has 7 nitrogen and oxygen atoms in total. The number of halogens is 1. The number of carbonyl (C=O) groups is 1. The highest BCUT2D eigenvalue weighted by Gasteiger charge is 2.25. The minimum Gasteiger partial charge on any atom is -0.481 e. The van der Waals surface area contributed by atoms with Gasteiger partial charge in [0.2, 0.25) is 5.88 Å². The monoisotopic (exact) mass is 439 g/mol. The van der Waals surface area contributed by atoms with E-state index in [9.17, 15) is 9.18 Å². The second kappa shape index (κ2) is 8.22. The number of pyridine rings is 1. The number of rotatable bonds is 6. The van der Waals surface area contributed by atoms with Gasteiger partial charge in [-0.3, -0.25) is 9.40 Å². The Hall–Kier alpha value is -3.07. The molecule has 0 spiro atoms. The Labute approximate surface area is 183 Å². The molecule has 1 fully saturated rings. The van der Waals surface area contributed by atoms with Gasteiger partial charge in [-0.25, -0.2) is 14.2 Å². The van der Waals surface area contributed by atoms with E-state index in [-0.39, 0.29) is 11.8 Å². The summed E-state index contributed by atoms with van der Waals surface area (Å²) in [5.74, 6) is 0.180. The number of nitrogens with zero attached hydrogens (tertiary/aromatic N) is 3. The molecule has 160 valence electrons. The maximum Gasteiger partial charge on any atom is 0.329 e. The van der Waals surface area contributed by atoms with Crippen molar-refractivity contribution in [3.8, 4) is 17.0 Å². The largest absolute Gasteiger partial charge is 0.481 e. The molecule has 0 aliphatic heterocycles. The molecule has 1 saturated carbocycles. The zero-order chi connectivity index (χ0) is 21.4. The van der Waals surface area contributed by atoms with Gasteiger partial charge in [0.1, 0.15) is 10.8 Å². The van der Waals surface area contributed by atoms with Crippen molar-refractivity contribution in [1.29, 1.82) is 0 Å². The van der Waals surface area contributed by atoms with Crippen LogP contribution < -0.4 is 14.8 Å². The number of aromatic nitrogens is 3. The number of fused-ring (bicyclic) bond motifs is 1. The molecule has 0 bridgehead atoms. The Morgan fingerprint density at radius 2 is 2.10 bits per heavy atom. The number of methoxy groups -OCH3 is 1. The Kier molecular flexibility index (Phi) is 5.27. The molecule has 0 radical (unpaired) electrons. The van der Waals surface area contributed by atoms with Gasteiger partial charge in [-0.2, -0.15) is 5.10 Å². The molecule has 2 heterocycles. The minimum atomic E-state index is -0.381. The van der Waals surface area contributed by atoms with Crippen molar-refractivity contribution in [2.24, 2.45) is 0 Å². The summed E-state index contributed by atoms with van der Waals surface area (Å²) >= 11 is 1.16. The van der Waals surface area contributed by atoms with Crippen LogP contribution in [0.2, 0.25) is 0 Å². The van der Waals surface area contributed by atoms with Gasteiger partial charge < -0.3 is 10.1 Å². The maximum atomic E-state index is 14.8. The molecule has 0 unspecified atom stereocenters. The third kappa shape index (κ3) is 4.10. The Morgan fingerprint density at radius 3 is 2.90 bits per heavy atom. The molecule has 3 aromatic rings. The molecule has 0 saturated heterocycles. The fourth-order valence-electron chi connectivity index (χ4n) is 3.95. The minimum absolute atomic E-state index is 0.246. The van der Waals surface area contributed by atoms with Crippen LogP contribution in [0.5, 0.6) is 5.88 Å². The van der Waals surface area contributed by atoms with E-state index in [1.54, 1.807) is 18.3 Å². The van der Waals surface area contributed by atoms with Crippen molar-refractivity contribution in [3.05, 3.63) is 53.6 Å². The van der Waals surface area contributed by atoms with Crippen LogP contribution in [0.25, 0.3) is 11.1 Å². The fourth-order valence-corrected chi connectivity index (χ4v) is 4.46. The van der Waals surface area contributed by atoms with Crippen LogP contribution >= 0.6 is 11.9 Å². The Bertz CT molecular complexity index is 1140. The summed E-state index contributed by atoms with van der Waals surface area (Å²) in [4.78, 5) is 16.8. The first-order chi connectivity index (χ1) is 15.1. The predicted octanol–water partition coefficient (Wildman–Crippen LogP) is 4.75. The van der Waals surface area contributed by atoms with Crippen molar-refractivity contribution in [1.82, 2.24) is 19.5 Å². The molecule has 2 aliphatic rings. The number of hydrogen-bond acceptors (Lipinski definition) is 5. The molecule has 2 amide bonds. The number of benzene rings is 1. The van der Waals surface area contributed by atoms with Crippen LogP contribution in [0.15, 0.2) is 41.7 Å². The average Bonchev–Trinajstić information content (AvgIpc) is 3.31. The zero-order valence-corrected chi connectivity index (χ0v) is 17.8. The number of hydrogen-bond donors (Lipinski definition) is 2. The van der Waals surface area contributed by atoms with Crippen molar-refractivity contribution in [3.63, 3.8) is 0 Å². The predicted molar refractivity (Wildman–Crippen MR) is 117 cm³/mol. The van der Waals surface area contributed by atoms with Crippen LogP contribution in [-0.4, -0.2) is 27.9 Å². The van der Waals surface area contributed by atoms with Gasteiger partial charge in [0, 0.05) is 36.0 Å². The summed E-state index contributed by atoms with van der Waals surface area (Å²) in [5.41, 5.74) is 3.49. The standard InChI is InChI=1S/C22H22FN5O2S/c1-30-19-11-13(7-9-24-19)17-12-18(23)15-3-2-4-16(15)21(17)25-22(29)27-31-20-8-10-28(26-20)14-5-6-14/h7-12,14H,2-6H2,1H3,(H2,25,27,29). The van der Waals surface area contributed by atoms with Crippen LogP contribution in [0.3, 0.4) is 0 Å². The smallest absolute Gasteiger partial charge is 0.329 e. The topological polar surface area (TPSA) is 81.1 Å². The summed E-state index contributed by atoms with van der Waals surface area (Å²) in [6, 6.07) is 6.99. The normalized spacial score (nSPS) is 14.9. The second-order valence-corrected chi connectivity index (χ2v) is 8.53. The number of anilines is 1. The van der Waals surface area contributed by atoms with E-state index in [2.05, 4.69) is 20.1 Å². The molecule has 2 N–H and O–H groups in total. The third-order valence-corrected chi connectivity index (χ3v) is 6.31. The summed E-state index contributed by atoms with van der Waals surface area (Å²) in [7, 11) is 1.53. The number of nitrogens with one attached hydrogen (secondary N) is 2. The first kappa shape index (κ1) is 19.9. The Balaban J connectivity index is 1.40. The zero-order valence-electron chi connectivity index (χ0n) is 17.0. The summed E-state index contributed by atoms with van der Waals surface area (Å²) in [6.45, 7) is 0. The number of ether oxygens (including phenoxy) is 1. The lowest BCUT2D eigenvalue weighted by atomic mass is 9.97. The highest BCUT2D eigenvalue weighted by atomic mass is 32.2. The highest BCUT2D eigenvalue weighted by molar-refractivity contribution is 7.97. The first-order valence-corrected chi connectivity index (χ1v) is 11.1. The second-order valence-electron chi connectivity index (χ2n) is 7.70. The summed E-state index contributed by atoms with van der Waals surface area (Å²) in [5, 5.41) is 8.15. The SMILES string of the molecule is COc1cc(-c2cc(F)c3c(c2NC(=O)NSc2ccn(C4CC4)n2)CCC3)ccn1. The lowest BCUT2D eigenvalue weighted by molar-refractivity contribution is 0.257. The quantitative estimate of drug-likeness (QED) is 0.542. The third-order valence-electron chi connectivity index (χ3n) is 5.59. The van der Waals surface area contributed by atoms with Gasteiger partial charge in [0.25, 0.3) is 0 Å². The van der Waals surface area contributed by atoms with Crippen LogP contribution in [0.4, 0.5) is 14.9 Å². The van der Waals surface area contributed by atoms with Crippen molar-refractivity contribution >= 4 is 23.7 Å². The first-order valence-electron chi connectivity index (χ1n) is 10.3. The maximum absolute atomic E-state index is 14.8. The molecule has 9 heteroatoms. The van der Waals surface area contributed by atoms with E-state index in [0.29, 0.717) is 35.2 Å². The van der Waals surface area contributed by atoms with Gasteiger partial charge >= 0.3 is 6.03 Å². The fraction of sp³-hybridized carbons (Fsp3) is 0.318. The van der Waals surface area contributed by atoms with Crippen LogP contribution in [0, 0.1) is 5.82 Å². The van der Waals surface area contributed by atoms with E-state index in [1.807, 2.05) is 16.9 Å². The van der Waals surface area contributed by atoms with Crippen LogP contribution in [0.1, 0.15) is 36.4 Å². The van der Waals surface area contributed by atoms with Gasteiger partial charge in [0.15, 0.2) is 0 Å². The number of carbonyl (C=O) groups excluding carboxylic acids is 1. The Morgan fingerprint density at radius 1 is 1.26 bits per heavy atom. The summed E-state index contributed by atoms with van der Waals surface area (Å²) in [6.07, 6.45) is 8.09. The van der Waals surface area contributed by atoms with Gasteiger partial charge in [-0.15, -0.1) is 0 Å². The lowest BCUT2D eigenvalue weighted by Crippen LogP contribution is -2.24. The van der Waals surface area contributed by atoms with Crippen LogP contribution in [-0.2, 0) is 12.8 Å². The molecular weight excluding hydrogens is 417 g/mol. The van der Waals surface area contributed by atoms with E-state index in [0.717, 1.165) is 53.8 Å². The molecule has 0 atom stereocenters. The molecular formula is C22H22FN5O2S. The van der Waals surface area contributed by atoms with E-state index < -0.39 is 0 Å². The lowest BCUT2D eigenvalue weighted by Gasteiger charge is -2.17. The molecule has 2 aliphatic carbocycles. The highest BCUT2D eigenvalue weighted by Crippen LogP contribution is 2.40. The van der Waals surface area contributed by atoms with E-state index >= 15 is 0 Å². The van der Waals surface area contributed by atoms with Crippen molar-refractivity contribution in [2.45, 2.75) is 43.2 Å². The number of amides is 2.